The van der Waals surface area contributed by atoms with Crippen LogP contribution in [0.1, 0.15) is 47.4 Å². The van der Waals surface area contributed by atoms with Gasteiger partial charge in [-0.05, 0) is 25.3 Å². The first-order valence-electron chi connectivity index (χ1n) is 7.69. The number of ether oxygens (including phenoxy) is 1. The van der Waals surface area contributed by atoms with Gasteiger partial charge in [0.05, 0.1) is 24.4 Å². The van der Waals surface area contributed by atoms with Crippen molar-refractivity contribution in [3.05, 3.63) is 52.9 Å². The Bertz CT molecular complexity index is 810. The van der Waals surface area contributed by atoms with Crippen molar-refractivity contribution in [3.63, 3.8) is 0 Å². The molecule has 2 aromatic heterocycles. The van der Waals surface area contributed by atoms with E-state index in [-0.39, 0.29) is 5.92 Å². The van der Waals surface area contributed by atoms with Gasteiger partial charge in [0.2, 0.25) is 5.89 Å². The van der Waals surface area contributed by atoms with Crippen LogP contribution in [0.2, 0.25) is 0 Å². The monoisotopic (exact) mass is 311 g/mol. The topological polar surface area (TPSA) is 89.7 Å². The fourth-order valence-corrected chi connectivity index (χ4v) is 3.07. The maximum Gasteiger partial charge on any atom is 0.235 e. The summed E-state index contributed by atoms with van der Waals surface area (Å²) in [5.41, 5.74) is 2.97. The van der Waals surface area contributed by atoms with Crippen molar-refractivity contribution in [3.8, 4) is 5.75 Å². The highest BCUT2D eigenvalue weighted by molar-refractivity contribution is 5.35. The molecule has 0 aliphatic heterocycles. The van der Waals surface area contributed by atoms with Gasteiger partial charge in [0, 0.05) is 12.0 Å². The minimum atomic E-state index is 0.0384. The molecule has 0 saturated heterocycles. The molecule has 4 rings (SSSR count). The fraction of sp³-hybridized carbons (Fsp3) is 0.375. The Morgan fingerprint density at radius 3 is 3.13 bits per heavy atom. The molecule has 1 aliphatic carbocycles. The van der Waals surface area contributed by atoms with Crippen LogP contribution in [0.15, 0.2) is 28.8 Å². The number of methoxy groups -OCH3 is 1. The summed E-state index contributed by atoms with van der Waals surface area (Å²) in [6.45, 7) is 0. The second-order valence-corrected chi connectivity index (χ2v) is 5.64. The minimum Gasteiger partial charge on any atom is -0.496 e. The van der Waals surface area contributed by atoms with E-state index in [0.717, 1.165) is 42.0 Å². The zero-order chi connectivity index (χ0) is 15.6. The predicted octanol–water partition coefficient (Wildman–Crippen LogP) is 2.26. The largest absolute Gasteiger partial charge is 0.496 e. The van der Waals surface area contributed by atoms with Gasteiger partial charge in [-0.15, -0.1) is 0 Å². The van der Waals surface area contributed by atoms with Gasteiger partial charge in [-0.2, -0.15) is 20.4 Å². The minimum absolute atomic E-state index is 0.0384. The summed E-state index contributed by atoms with van der Waals surface area (Å²) in [6, 6.07) is 7.85. The van der Waals surface area contributed by atoms with Crippen molar-refractivity contribution < 1.29 is 9.26 Å². The van der Waals surface area contributed by atoms with Crippen LogP contribution >= 0.6 is 0 Å². The number of para-hydroxylation sites is 1. The van der Waals surface area contributed by atoms with Gasteiger partial charge in [-0.25, -0.2) is 0 Å². The average molecular weight is 311 g/mol. The Morgan fingerprint density at radius 2 is 2.22 bits per heavy atom. The van der Waals surface area contributed by atoms with E-state index in [1.54, 1.807) is 7.11 Å². The maximum absolute atomic E-state index is 5.49. The first-order chi connectivity index (χ1) is 11.3. The van der Waals surface area contributed by atoms with Crippen molar-refractivity contribution in [2.75, 3.05) is 7.11 Å². The van der Waals surface area contributed by atoms with Crippen molar-refractivity contribution in [1.29, 1.82) is 0 Å². The number of hydrogen-bond acceptors (Lipinski definition) is 6. The summed E-state index contributed by atoms with van der Waals surface area (Å²) in [6.07, 6.45) is 3.53. The van der Waals surface area contributed by atoms with Gasteiger partial charge in [0.15, 0.2) is 5.82 Å². The summed E-state index contributed by atoms with van der Waals surface area (Å²) >= 11 is 0. The molecule has 0 radical (unpaired) electrons. The molecule has 3 aromatic rings. The lowest BCUT2D eigenvalue weighted by Gasteiger charge is -2.15. The number of nitrogens with zero attached hydrogens (tertiary/aromatic N) is 4. The van der Waals surface area contributed by atoms with E-state index >= 15 is 0 Å². The molecule has 7 nitrogen and oxygen atoms in total. The van der Waals surface area contributed by atoms with E-state index in [0.29, 0.717) is 18.1 Å². The van der Waals surface area contributed by atoms with Crippen LogP contribution in [0.3, 0.4) is 0 Å². The number of aromatic amines is 1. The van der Waals surface area contributed by atoms with E-state index in [4.69, 9.17) is 9.26 Å². The lowest BCUT2D eigenvalue weighted by molar-refractivity contribution is 0.348. The molecule has 0 saturated carbocycles. The summed E-state index contributed by atoms with van der Waals surface area (Å²) in [4.78, 5) is 4.57. The zero-order valence-corrected chi connectivity index (χ0v) is 12.8. The molecule has 2 heterocycles. The summed E-state index contributed by atoms with van der Waals surface area (Å²) in [7, 11) is 1.66. The quantitative estimate of drug-likeness (QED) is 0.795. The number of aromatic nitrogens is 5. The first-order valence-corrected chi connectivity index (χ1v) is 7.69. The third-order valence-corrected chi connectivity index (χ3v) is 4.21. The smallest absolute Gasteiger partial charge is 0.235 e. The summed E-state index contributed by atoms with van der Waals surface area (Å²) in [5.74, 6) is 2.14. The van der Waals surface area contributed by atoms with Gasteiger partial charge in [-0.3, -0.25) is 0 Å². The number of rotatable bonds is 4. The SMILES string of the molecule is COc1ccccc1Cc1noc(C2CCCc3n[nH]nc32)n1. The third kappa shape index (κ3) is 2.58. The molecule has 0 bridgehead atoms. The molecule has 7 heteroatoms. The van der Waals surface area contributed by atoms with E-state index in [1.165, 1.54) is 0 Å². The molecular weight excluding hydrogens is 294 g/mol. The lowest BCUT2D eigenvalue weighted by atomic mass is 9.90. The molecular formula is C16H17N5O2. The normalized spacial score (nSPS) is 17.0. The highest BCUT2D eigenvalue weighted by atomic mass is 16.5. The van der Waals surface area contributed by atoms with E-state index < -0.39 is 0 Å². The molecule has 1 unspecified atom stereocenters. The van der Waals surface area contributed by atoms with Crippen molar-refractivity contribution >= 4 is 0 Å². The van der Waals surface area contributed by atoms with Gasteiger partial charge in [0.1, 0.15) is 5.75 Å². The number of H-pyrrole nitrogens is 1. The van der Waals surface area contributed by atoms with Crippen LogP contribution in [0.5, 0.6) is 5.75 Å². The second kappa shape index (κ2) is 5.83. The van der Waals surface area contributed by atoms with Gasteiger partial charge >= 0.3 is 0 Å². The van der Waals surface area contributed by atoms with E-state index in [9.17, 15) is 0 Å². The molecule has 23 heavy (non-hydrogen) atoms. The standard InChI is InChI=1S/C16H17N5O2/c1-22-13-8-3-2-5-10(13)9-14-17-16(23-20-14)11-6-4-7-12-15(11)19-21-18-12/h2-3,5,8,11H,4,6-7,9H2,1H3,(H,18,19,21). The maximum atomic E-state index is 5.49. The fourth-order valence-electron chi connectivity index (χ4n) is 3.07. The molecule has 1 aromatic carbocycles. The van der Waals surface area contributed by atoms with Crippen LogP contribution in [-0.4, -0.2) is 32.7 Å². The average Bonchev–Trinajstić information content (AvgIpc) is 3.24. The molecule has 1 N–H and O–H groups in total. The van der Waals surface area contributed by atoms with Gasteiger partial charge in [-0.1, -0.05) is 23.4 Å². The number of hydrogen-bond donors (Lipinski definition) is 1. The van der Waals surface area contributed by atoms with Gasteiger partial charge in [0.25, 0.3) is 0 Å². The Balaban J connectivity index is 1.59. The number of benzene rings is 1. The number of fused-ring (bicyclic) bond motifs is 1. The van der Waals surface area contributed by atoms with Crippen LogP contribution in [0.4, 0.5) is 0 Å². The molecule has 0 amide bonds. The zero-order valence-electron chi connectivity index (χ0n) is 12.8. The second-order valence-electron chi connectivity index (χ2n) is 5.64. The van der Waals surface area contributed by atoms with Crippen molar-refractivity contribution in [2.45, 2.75) is 31.6 Å². The molecule has 1 atom stereocenters. The van der Waals surface area contributed by atoms with E-state index in [1.807, 2.05) is 24.3 Å². The molecule has 118 valence electrons. The highest BCUT2D eigenvalue weighted by Crippen LogP contribution is 2.33. The molecule has 1 aliphatic rings. The van der Waals surface area contributed by atoms with Crippen LogP contribution in [0, 0.1) is 0 Å². The Hall–Kier alpha value is -2.70. The van der Waals surface area contributed by atoms with Crippen molar-refractivity contribution in [2.24, 2.45) is 0 Å². The van der Waals surface area contributed by atoms with Gasteiger partial charge < -0.3 is 9.26 Å². The summed E-state index contributed by atoms with van der Waals surface area (Å²) in [5, 5.41) is 15.3. The van der Waals surface area contributed by atoms with Crippen LogP contribution in [-0.2, 0) is 12.8 Å². The Labute approximate surface area is 133 Å². The summed E-state index contributed by atoms with van der Waals surface area (Å²) < 4.78 is 10.9. The Morgan fingerprint density at radius 1 is 1.30 bits per heavy atom. The third-order valence-electron chi connectivity index (χ3n) is 4.21. The highest BCUT2D eigenvalue weighted by Gasteiger charge is 2.30. The Kier molecular flexibility index (Phi) is 3.53. The predicted molar refractivity (Wildman–Crippen MR) is 81.3 cm³/mol. The number of nitrogens with one attached hydrogen (secondary N) is 1. The lowest BCUT2D eigenvalue weighted by Crippen LogP contribution is -2.11. The van der Waals surface area contributed by atoms with E-state index in [2.05, 4.69) is 25.6 Å². The van der Waals surface area contributed by atoms with Crippen LogP contribution in [0.25, 0.3) is 0 Å². The number of aryl methyl sites for hydroxylation is 1. The van der Waals surface area contributed by atoms with Crippen LogP contribution < -0.4 is 4.74 Å². The molecule has 0 spiro atoms. The molecule has 0 fully saturated rings. The first kappa shape index (κ1) is 13.9. The van der Waals surface area contributed by atoms with Crippen molar-refractivity contribution in [1.82, 2.24) is 25.6 Å².